The van der Waals surface area contributed by atoms with Gasteiger partial charge in [-0.3, -0.25) is 9.59 Å². The van der Waals surface area contributed by atoms with Crippen molar-refractivity contribution in [2.45, 2.75) is 84.4 Å². The first kappa shape index (κ1) is 35.7. The summed E-state index contributed by atoms with van der Waals surface area (Å²) in [6.07, 6.45) is -7.79. The quantitative estimate of drug-likeness (QED) is 0.244. The van der Waals surface area contributed by atoms with Crippen LogP contribution in [0.3, 0.4) is 0 Å². The first-order chi connectivity index (χ1) is 19.8. The Kier molecular flexibility index (Phi) is 11.5. The number of hydrogen-bond donors (Lipinski definition) is 2. The molecule has 0 saturated carbocycles. The zero-order chi connectivity index (χ0) is 32.9. The first-order valence-corrected chi connectivity index (χ1v) is 16.8. The third-order valence-electron chi connectivity index (χ3n) is 7.51. The summed E-state index contributed by atoms with van der Waals surface area (Å²) in [7, 11) is -1.94. The lowest BCUT2D eigenvalue weighted by molar-refractivity contribution is -0.210. The lowest BCUT2D eigenvalue weighted by atomic mass is 9.93. The molecule has 0 fully saturated rings. The highest BCUT2D eigenvalue weighted by atomic mass is 28.4. The average molecular weight is 627 g/mol. The number of alkyl halides is 3. The molecule has 2 rings (SSSR count). The number of methoxy groups -OCH3 is 1. The molecule has 0 aliphatic carbocycles. The molecule has 1 heterocycles. The van der Waals surface area contributed by atoms with E-state index in [-0.39, 0.29) is 17.9 Å². The minimum Gasteiger partial charge on any atom is -0.465 e. The number of carbonyl (C=O) groups is 3. The molecule has 0 saturated heterocycles. The summed E-state index contributed by atoms with van der Waals surface area (Å²) in [5.41, 5.74) is -1.84. The Morgan fingerprint density at radius 2 is 1.58 bits per heavy atom. The van der Waals surface area contributed by atoms with Crippen LogP contribution < -0.4 is 10.9 Å². The monoisotopic (exact) mass is 626 g/mol. The molecule has 0 aliphatic heterocycles. The number of ether oxygens (including phenoxy) is 2. The van der Waals surface area contributed by atoms with Crippen molar-refractivity contribution < 1.29 is 41.5 Å². The van der Waals surface area contributed by atoms with Crippen LogP contribution in [0.4, 0.5) is 13.2 Å². The Morgan fingerprint density at radius 1 is 1.00 bits per heavy atom. The van der Waals surface area contributed by atoms with Crippen molar-refractivity contribution in [2.75, 3.05) is 13.7 Å². The lowest BCUT2D eigenvalue weighted by Gasteiger charge is -2.43. The summed E-state index contributed by atoms with van der Waals surface area (Å²) in [6, 6.07) is 6.71. The number of H-pyrrole nitrogens is 1. The minimum absolute atomic E-state index is 0.0300. The first-order valence-electron chi connectivity index (χ1n) is 13.9. The summed E-state index contributed by atoms with van der Waals surface area (Å²) in [5, 5.41) is 1.94. The molecule has 0 radical (unpaired) electrons. The van der Waals surface area contributed by atoms with Gasteiger partial charge in [0.2, 0.25) is 5.91 Å². The lowest BCUT2D eigenvalue weighted by Crippen LogP contribution is -2.59. The number of benzene rings is 1. The number of pyridine rings is 1. The minimum atomic E-state index is -4.81. The summed E-state index contributed by atoms with van der Waals surface area (Å²) in [6.45, 7) is 13.3. The van der Waals surface area contributed by atoms with E-state index in [2.05, 4.69) is 10.3 Å². The van der Waals surface area contributed by atoms with Crippen molar-refractivity contribution in [3.8, 4) is 11.3 Å². The van der Waals surface area contributed by atoms with Crippen molar-refractivity contribution in [3.63, 3.8) is 0 Å². The smallest absolute Gasteiger partial charge is 0.415 e. The van der Waals surface area contributed by atoms with Gasteiger partial charge in [-0.1, -0.05) is 65.0 Å². The second-order valence-electron chi connectivity index (χ2n) is 12.0. The molecule has 0 aliphatic rings. The maximum atomic E-state index is 14.5. The van der Waals surface area contributed by atoms with E-state index in [0.717, 1.165) is 7.11 Å². The molecular formula is C30H41F3N2O7Si. The molecule has 0 spiro atoms. The van der Waals surface area contributed by atoms with E-state index in [0.29, 0.717) is 5.56 Å². The number of halogens is 3. The highest BCUT2D eigenvalue weighted by Crippen LogP contribution is 2.41. The number of carbonyl (C=O) groups excluding carboxylic acids is 3. The zero-order valence-corrected chi connectivity index (χ0v) is 27.0. The van der Waals surface area contributed by atoms with Crippen molar-refractivity contribution in [3.05, 3.63) is 57.4 Å². The van der Waals surface area contributed by atoms with Gasteiger partial charge >= 0.3 is 18.1 Å². The Labute approximate surface area is 250 Å². The van der Waals surface area contributed by atoms with Gasteiger partial charge in [-0.2, -0.15) is 13.2 Å². The molecule has 2 atom stereocenters. The molecule has 9 nitrogen and oxygen atoms in total. The molecular weight excluding hydrogens is 585 g/mol. The highest BCUT2D eigenvalue weighted by molar-refractivity contribution is 6.74. The molecule has 1 aromatic carbocycles. The van der Waals surface area contributed by atoms with E-state index in [1.807, 2.05) is 20.8 Å². The van der Waals surface area contributed by atoms with Crippen LogP contribution in [-0.4, -0.2) is 63.2 Å². The number of nitrogens with one attached hydrogen (secondary N) is 2. The topological polar surface area (TPSA) is 124 Å². The van der Waals surface area contributed by atoms with Gasteiger partial charge < -0.3 is 24.2 Å². The van der Waals surface area contributed by atoms with Gasteiger partial charge in [0, 0.05) is 5.56 Å². The maximum Gasteiger partial charge on any atom is 0.415 e. The molecule has 2 aromatic rings. The summed E-state index contributed by atoms with van der Waals surface area (Å²) in [4.78, 5) is 55.0. The second kappa shape index (κ2) is 13.9. The predicted molar refractivity (Wildman–Crippen MR) is 158 cm³/mol. The Bertz CT molecular complexity index is 1370. The second-order valence-corrected chi connectivity index (χ2v) is 16.7. The Balaban J connectivity index is 2.72. The summed E-state index contributed by atoms with van der Waals surface area (Å²) < 4.78 is 59.1. The van der Waals surface area contributed by atoms with Gasteiger partial charge in [-0.05, 0) is 36.5 Å². The molecule has 238 valence electrons. The van der Waals surface area contributed by atoms with Crippen LogP contribution in [0.5, 0.6) is 0 Å². The van der Waals surface area contributed by atoms with Gasteiger partial charge in [0.25, 0.3) is 5.56 Å². The van der Waals surface area contributed by atoms with E-state index in [9.17, 15) is 32.3 Å². The van der Waals surface area contributed by atoms with Gasteiger partial charge in [0.05, 0.1) is 37.4 Å². The molecule has 1 amide bonds. The van der Waals surface area contributed by atoms with E-state index >= 15 is 0 Å². The molecule has 1 aromatic heterocycles. The standard InChI is InChI=1S/C30H41F3N2O7Si/c1-10-41-28(39)21-19(24(18-14-12-11-13-15-18)35-26(37)22(21)27(38)40-7)16-20(36)34-23(17(2)3)25(30(31,32)33)42-43(8,9)29(4,5)6/h11-15,17,23,25H,10,16H2,1-9H3,(H,34,36)(H,35,37). The summed E-state index contributed by atoms with van der Waals surface area (Å²) in [5.74, 6) is -3.81. The molecule has 43 heavy (non-hydrogen) atoms. The van der Waals surface area contributed by atoms with Crippen LogP contribution in [0.25, 0.3) is 11.3 Å². The van der Waals surface area contributed by atoms with Crippen LogP contribution in [-0.2, 0) is 25.1 Å². The van der Waals surface area contributed by atoms with E-state index in [1.54, 1.807) is 43.4 Å². The third kappa shape index (κ3) is 8.56. The fraction of sp³-hybridized carbons (Fsp3) is 0.533. The maximum absolute atomic E-state index is 14.5. The number of aromatic nitrogens is 1. The molecule has 2 N–H and O–H groups in total. The number of esters is 2. The van der Waals surface area contributed by atoms with Crippen molar-refractivity contribution in [1.82, 2.24) is 10.3 Å². The van der Waals surface area contributed by atoms with Crippen LogP contribution in [0, 0.1) is 5.92 Å². The van der Waals surface area contributed by atoms with Gasteiger partial charge in [-0.25, -0.2) is 9.59 Å². The molecule has 0 bridgehead atoms. The normalized spacial score (nSPS) is 13.8. The predicted octanol–water partition coefficient (Wildman–Crippen LogP) is 5.64. The van der Waals surface area contributed by atoms with Crippen LogP contribution in [0.2, 0.25) is 18.1 Å². The van der Waals surface area contributed by atoms with Gasteiger partial charge in [0.1, 0.15) is 5.56 Å². The average Bonchev–Trinajstić information content (AvgIpc) is 2.89. The van der Waals surface area contributed by atoms with E-state index in [4.69, 9.17) is 13.9 Å². The van der Waals surface area contributed by atoms with E-state index in [1.165, 1.54) is 20.8 Å². The highest BCUT2D eigenvalue weighted by Gasteiger charge is 2.52. The number of hydrogen-bond acceptors (Lipinski definition) is 7. The number of amides is 1. The largest absolute Gasteiger partial charge is 0.465 e. The van der Waals surface area contributed by atoms with Gasteiger partial charge in [0.15, 0.2) is 14.4 Å². The van der Waals surface area contributed by atoms with Crippen molar-refractivity contribution in [1.29, 1.82) is 0 Å². The third-order valence-corrected chi connectivity index (χ3v) is 12.0. The van der Waals surface area contributed by atoms with Gasteiger partial charge in [-0.15, -0.1) is 0 Å². The van der Waals surface area contributed by atoms with Crippen LogP contribution >= 0.6 is 0 Å². The fourth-order valence-corrected chi connectivity index (χ4v) is 5.49. The molecule has 2 unspecified atom stereocenters. The fourth-order valence-electron chi connectivity index (χ4n) is 4.22. The van der Waals surface area contributed by atoms with Crippen molar-refractivity contribution >= 4 is 26.2 Å². The Hall–Kier alpha value is -3.45. The SMILES string of the molecule is CCOC(=O)c1c(CC(=O)NC(C(C)C)C(O[Si](C)(C)C(C)(C)C)C(F)(F)F)c(-c2ccccc2)[nH]c(=O)c1C(=O)OC. The van der Waals surface area contributed by atoms with Crippen LogP contribution in [0.15, 0.2) is 35.1 Å². The van der Waals surface area contributed by atoms with E-state index < -0.39 is 78.5 Å². The van der Waals surface area contributed by atoms with Crippen LogP contribution in [0.1, 0.15) is 67.8 Å². The number of aromatic amines is 1. The molecule has 13 heteroatoms. The number of rotatable bonds is 11. The summed E-state index contributed by atoms with van der Waals surface area (Å²) >= 11 is 0. The van der Waals surface area contributed by atoms with Crippen molar-refractivity contribution in [2.24, 2.45) is 5.92 Å². The Morgan fingerprint density at radius 3 is 2.05 bits per heavy atom. The zero-order valence-electron chi connectivity index (χ0n) is 26.0.